The Kier molecular flexibility index (Phi) is 3.42. The molecule has 4 nitrogen and oxygen atoms in total. The van der Waals surface area contributed by atoms with Crippen molar-refractivity contribution in [3.63, 3.8) is 0 Å². The molecule has 1 N–H and O–H groups in total. The highest BCUT2D eigenvalue weighted by Gasteiger charge is 2.10. The average Bonchev–Trinajstić information content (AvgIpc) is 2.66. The number of rotatable bonds is 4. The third-order valence-electron chi connectivity index (χ3n) is 2.70. The number of imidazole rings is 1. The lowest BCUT2D eigenvalue weighted by Gasteiger charge is -2.06. The lowest BCUT2D eigenvalue weighted by atomic mass is 10.3. The van der Waals surface area contributed by atoms with Gasteiger partial charge in [0.05, 0.1) is 11.0 Å². The van der Waals surface area contributed by atoms with Gasteiger partial charge in [-0.3, -0.25) is 10.1 Å². The van der Waals surface area contributed by atoms with Gasteiger partial charge in [0, 0.05) is 13.0 Å². The van der Waals surface area contributed by atoms with Crippen molar-refractivity contribution in [1.82, 2.24) is 9.55 Å². The maximum absolute atomic E-state index is 11.6. The van der Waals surface area contributed by atoms with Crippen LogP contribution in [0.3, 0.4) is 0 Å². The predicted octanol–water partition coefficient (Wildman–Crippen LogP) is 2.79. The van der Waals surface area contributed by atoms with Gasteiger partial charge < -0.3 is 4.57 Å². The number of benzene rings is 1. The van der Waals surface area contributed by atoms with Crippen molar-refractivity contribution in [2.24, 2.45) is 0 Å². The van der Waals surface area contributed by atoms with Crippen LogP contribution in [0, 0.1) is 0 Å². The van der Waals surface area contributed by atoms with E-state index in [-0.39, 0.29) is 5.91 Å². The number of carbonyl (C=O) groups excluding carboxylic acids is 1. The Morgan fingerprint density at radius 1 is 1.35 bits per heavy atom. The van der Waals surface area contributed by atoms with Gasteiger partial charge in [-0.2, -0.15) is 0 Å². The molecule has 2 rings (SSSR count). The molecule has 0 saturated carbocycles. The lowest BCUT2D eigenvalue weighted by Crippen LogP contribution is -2.14. The summed E-state index contributed by atoms with van der Waals surface area (Å²) in [5, 5.41) is 2.86. The standard InChI is InChI=1S/C13H17N3O/c1-3-7-12(17)15-13-14-10-8-5-6-9-11(10)16(13)4-2/h5-6,8-9H,3-4,7H2,1-2H3,(H,14,15,17). The van der Waals surface area contributed by atoms with Crippen LogP contribution in [0.1, 0.15) is 26.7 Å². The Hall–Kier alpha value is -1.84. The summed E-state index contributed by atoms with van der Waals surface area (Å²) >= 11 is 0. The van der Waals surface area contributed by atoms with Crippen LogP contribution in [-0.2, 0) is 11.3 Å². The molecule has 0 saturated heterocycles. The zero-order chi connectivity index (χ0) is 12.3. The quantitative estimate of drug-likeness (QED) is 0.879. The van der Waals surface area contributed by atoms with Gasteiger partial charge in [0.2, 0.25) is 11.9 Å². The van der Waals surface area contributed by atoms with Gasteiger partial charge >= 0.3 is 0 Å². The second-order valence-corrected chi connectivity index (χ2v) is 3.97. The Bertz CT molecular complexity index is 530. The van der Waals surface area contributed by atoms with Gasteiger partial charge in [0.25, 0.3) is 0 Å². The zero-order valence-electron chi connectivity index (χ0n) is 10.2. The van der Waals surface area contributed by atoms with Crippen LogP contribution in [-0.4, -0.2) is 15.5 Å². The molecule has 0 aliphatic rings. The van der Waals surface area contributed by atoms with Crippen molar-refractivity contribution >= 4 is 22.9 Å². The highest BCUT2D eigenvalue weighted by molar-refractivity contribution is 5.91. The summed E-state index contributed by atoms with van der Waals surface area (Å²) in [7, 11) is 0. The first-order valence-corrected chi connectivity index (χ1v) is 6.01. The third kappa shape index (κ3) is 2.30. The fourth-order valence-corrected chi connectivity index (χ4v) is 1.91. The fourth-order valence-electron chi connectivity index (χ4n) is 1.91. The first-order chi connectivity index (χ1) is 8.26. The van der Waals surface area contributed by atoms with Crippen LogP contribution in [0.25, 0.3) is 11.0 Å². The molecular formula is C13H17N3O. The summed E-state index contributed by atoms with van der Waals surface area (Å²) in [4.78, 5) is 16.0. The largest absolute Gasteiger partial charge is 0.310 e. The molecule has 0 bridgehead atoms. The third-order valence-corrected chi connectivity index (χ3v) is 2.70. The number of para-hydroxylation sites is 2. The van der Waals surface area contributed by atoms with Crippen molar-refractivity contribution in [2.75, 3.05) is 5.32 Å². The minimum atomic E-state index is 0.0255. The molecule has 2 aromatic rings. The van der Waals surface area contributed by atoms with E-state index in [1.54, 1.807) is 0 Å². The smallest absolute Gasteiger partial charge is 0.226 e. The summed E-state index contributed by atoms with van der Waals surface area (Å²) in [5.41, 5.74) is 1.97. The van der Waals surface area contributed by atoms with Crippen molar-refractivity contribution in [1.29, 1.82) is 0 Å². The first-order valence-electron chi connectivity index (χ1n) is 6.01. The van der Waals surface area contributed by atoms with Crippen molar-refractivity contribution in [2.45, 2.75) is 33.2 Å². The predicted molar refractivity (Wildman–Crippen MR) is 68.9 cm³/mol. The fraction of sp³-hybridized carbons (Fsp3) is 0.385. The molecule has 0 atom stereocenters. The molecule has 1 heterocycles. The molecule has 4 heteroatoms. The molecule has 0 radical (unpaired) electrons. The topological polar surface area (TPSA) is 46.9 Å². The van der Waals surface area contributed by atoms with E-state index in [2.05, 4.69) is 10.3 Å². The molecule has 1 aromatic carbocycles. The van der Waals surface area contributed by atoms with E-state index in [0.717, 1.165) is 24.0 Å². The van der Waals surface area contributed by atoms with E-state index in [4.69, 9.17) is 0 Å². The van der Waals surface area contributed by atoms with Crippen LogP contribution in [0.2, 0.25) is 0 Å². The van der Waals surface area contributed by atoms with Gasteiger partial charge in [-0.05, 0) is 25.5 Å². The SMILES string of the molecule is CCCC(=O)Nc1nc2ccccc2n1CC. The number of hydrogen-bond acceptors (Lipinski definition) is 2. The number of amides is 1. The molecule has 17 heavy (non-hydrogen) atoms. The van der Waals surface area contributed by atoms with E-state index in [1.165, 1.54) is 0 Å². The Morgan fingerprint density at radius 2 is 2.12 bits per heavy atom. The van der Waals surface area contributed by atoms with Crippen molar-refractivity contribution in [3.8, 4) is 0 Å². The summed E-state index contributed by atoms with van der Waals surface area (Å²) in [6.07, 6.45) is 1.38. The number of hydrogen-bond donors (Lipinski definition) is 1. The van der Waals surface area contributed by atoms with Crippen LogP contribution < -0.4 is 5.32 Å². The molecule has 0 aliphatic carbocycles. The molecule has 0 aliphatic heterocycles. The highest BCUT2D eigenvalue weighted by Crippen LogP contribution is 2.19. The molecule has 0 spiro atoms. The number of carbonyl (C=O) groups is 1. The Labute approximate surface area is 101 Å². The first kappa shape index (κ1) is 11.6. The summed E-state index contributed by atoms with van der Waals surface area (Å²) in [6.45, 7) is 4.83. The second kappa shape index (κ2) is 4.99. The zero-order valence-corrected chi connectivity index (χ0v) is 10.2. The van der Waals surface area contributed by atoms with E-state index < -0.39 is 0 Å². The molecule has 0 unspecified atom stereocenters. The summed E-state index contributed by atoms with van der Waals surface area (Å²) in [5.74, 6) is 0.671. The normalized spacial score (nSPS) is 10.7. The Balaban J connectivity index is 2.36. The maximum atomic E-state index is 11.6. The maximum Gasteiger partial charge on any atom is 0.226 e. The minimum Gasteiger partial charge on any atom is -0.310 e. The number of nitrogens with one attached hydrogen (secondary N) is 1. The Morgan fingerprint density at radius 3 is 2.82 bits per heavy atom. The molecule has 1 amide bonds. The van der Waals surface area contributed by atoms with Gasteiger partial charge in [0.1, 0.15) is 0 Å². The lowest BCUT2D eigenvalue weighted by molar-refractivity contribution is -0.116. The monoisotopic (exact) mass is 231 g/mol. The van der Waals surface area contributed by atoms with Gasteiger partial charge in [-0.15, -0.1) is 0 Å². The molecular weight excluding hydrogens is 214 g/mol. The van der Waals surface area contributed by atoms with Gasteiger partial charge in [-0.1, -0.05) is 19.1 Å². The van der Waals surface area contributed by atoms with Crippen LogP contribution in [0.15, 0.2) is 24.3 Å². The van der Waals surface area contributed by atoms with E-state index >= 15 is 0 Å². The summed E-state index contributed by atoms with van der Waals surface area (Å²) in [6, 6.07) is 7.90. The number of anilines is 1. The molecule has 0 fully saturated rings. The summed E-state index contributed by atoms with van der Waals surface area (Å²) < 4.78 is 2.02. The van der Waals surface area contributed by atoms with Gasteiger partial charge in [0.15, 0.2) is 0 Å². The second-order valence-electron chi connectivity index (χ2n) is 3.97. The van der Waals surface area contributed by atoms with Crippen molar-refractivity contribution in [3.05, 3.63) is 24.3 Å². The number of aryl methyl sites for hydroxylation is 1. The van der Waals surface area contributed by atoms with Crippen molar-refractivity contribution < 1.29 is 4.79 Å². The number of fused-ring (bicyclic) bond motifs is 1. The van der Waals surface area contributed by atoms with Crippen LogP contribution >= 0.6 is 0 Å². The average molecular weight is 231 g/mol. The highest BCUT2D eigenvalue weighted by atomic mass is 16.1. The minimum absolute atomic E-state index is 0.0255. The van der Waals surface area contributed by atoms with E-state index in [1.807, 2.05) is 42.7 Å². The number of nitrogens with zero attached hydrogens (tertiary/aromatic N) is 2. The number of aromatic nitrogens is 2. The van der Waals surface area contributed by atoms with E-state index in [0.29, 0.717) is 12.4 Å². The van der Waals surface area contributed by atoms with E-state index in [9.17, 15) is 4.79 Å². The van der Waals surface area contributed by atoms with Gasteiger partial charge in [-0.25, -0.2) is 4.98 Å². The van der Waals surface area contributed by atoms with Crippen LogP contribution in [0.5, 0.6) is 0 Å². The van der Waals surface area contributed by atoms with Crippen LogP contribution in [0.4, 0.5) is 5.95 Å². The molecule has 90 valence electrons. The molecule has 1 aromatic heterocycles.